The second kappa shape index (κ2) is 9.50. The van der Waals surface area contributed by atoms with E-state index in [4.69, 9.17) is 4.74 Å². The molecule has 0 atom stereocenters. The number of anilines is 1. The average molecular weight is 303 g/mol. The third-order valence-electron chi connectivity index (χ3n) is 4.31. The van der Waals surface area contributed by atoms with E-state index >= 15 is 0 Å². The molecule has 1 aromatic carbocycles. The predicted octanol–water partition coefficient (Wildman–Crippen LogP) is 4.34. The molecule has 22 heavy (non-hydrogen) atoms. The number of carbonyl (C=O) groups is 1. The van der Waals surface area contributed by atoms with Gasteiger partial charge >= 0.3 is 5.97 Å². The van der Waals surface area contributed by atoms with Crippen molar-refractivity contribution in [3.63, 3.8) is 0 Å². The summed E-state index contributed by atoms with van der Waals surface area (Å²) in [6.07, 6.45) is 8.84. The summed E-state index contributed by atoms with van der Waals surface area (Å²) in [4.78, 5) is 13.7. The van der Waals surface area contributed by atoms with E-state index < -0.39 is 0 Å². The molecule has 2 rings (SSSR count). The molecule has 1 heterocycles. The lowest BCUT2D eigenvalue weighted by atomic mass is 10.0. The van der Waals surface area contributed by atoms with E-state index in [0.29, 0.717) is 13.0 Å². The number of piperidine rings is 1. The van der Waals surface area contributed by atoms with Gasteiger partial charge in [-0.1, -0.05) is 18.6 Å². The maximum absolute atomic E-state index is 11.2. The van der Waals surface area contributed by atoms with E-state index in [0.717, 1.165) is 25.7 Å². The molecule has 0 amide bonds. The zero-order valence-electron chi connectivity index (χ0n) is 13.9. The Labute approximate surface area is 134 Å². The van der Waals surface area contributed by atoms with Crippen LogP contribution in [0.1, 0.15) is 57.4 Å². The standard InChI is InChI=1S/C19H29NO2/c1-2-22-19(21)10-6-3-5-9-17-11-13-18(14-12-17)20-15-7-4-8-16-20/h11-14H,2-10,15-16H2,1H3. The van der Waals surface area contributed by atoms with E-state index in [1.807, 2.05) is 6.92 Å². The zero-order valence-corrected chi connectivity index (χ0v) is 13.9. The second-order valence-electron chi connectivity index (χ2n) is 6.08. The molecule has 1 aliphatic rings. The van der Waals surface area contributed by atoms with E-state index in [2.05, 4.69) is 29.2 Å². The first-order chi connectivity index (χ1) is 10.8. The first-order valence-electron chi connectivity index (χ1n) is 8.79. The Bertz CT molecular complexity index is 435. The number of esters is 1. The van der Waals surface area contributed by atoms with Crippen LogP contribution in [0.3, 0.4) is 0 Å². The lowest BCUT2D eigenvalue weighted by Gasteiger charge is -2.28. The number of ether oxygens (including phenoxy) is 1. The van der Waals surface area contributed by atoms with Gasteiger partial charge in [0.15, 0.2) is 0 Å². The molecule has 1 aromatic rings. The number of nitrogens with zero attached hydrogens (tertiary/aromatic N) is 1. The molecular weight excluding hydrogens is 274 g/mol. The van der Waals surface area contributed by atoms with Crippen LogP contribution in [-0.2, 0) is 16.0 Å². The Morgan fingerprint density at radius 3 is 2.45 bits per heavy atom. The van der Waals surface area contributed by atoms with Gasteiger partial charge < -0.3 is 9.64 Å². The molecule has 0 bridgehead atoms. The van der Waals surface area contributed by atoms with Crippen molar-refractivity contribution in [2.24, 2.45) is 0 Å². The minimum atomic E-state index is -0.0617. The molecule has 0 spiro atoms. The third-order valence-corrected chi connectivity index (χ3v) is 4.31. The maximum atomic E-state index is 11.2. The van der Waals surface area contributed by atoms with Gasteiger partial charge in [0.25, 0.3) is 0 Å². The van der Waals surface area contributed by atoms with Crippen LogP contribution in [0.15, 0.2) is 24.3 Å². The van der Waals surface area contributed by atoms with Gasteiger partial charge in [0.2, 0.25) is 0 Å². The number of rotatable bonds is 8. The topological polar surface area (TPSA) is 29.5 Å². The van der Waals surface area contributed by atoms with Crippen molar-refractivity contribution in [3.05, 3.63) is 29.8 Å². The Hall–Kier alpha value is -1.51. The summed E-state index contributed by atoms with van der Waals surface area (Å²) in [6.45, 7) is 4.74. The fourth-order valence-electron chi connectivity index (χ4n) is 3.03. The van der Waals surface area contributed by atoms with Gasteiger partial charge in [-0.3, -0.25) is 4.79 Å². The van der Waals surface area contributed by atoms with Crippen molar-refractivity contribution in [2.45, 2.75) is 58.3 Å². The van der Waals surface area contributed by atoms with Crippen LogP contribution < -0.4 is 4.90 Å². The lowest BCUT2D eigenvalue weighted by Crippen LogP contribution is -2.29. The Morgan fingerprint density at radius 1 is 1.05 bits per heavy atom. The summed E-state index contributed by atoms with van der Waals surface area (Å²) in [6, 6.07) is 9.04. The second-order valence-corrected chi connectivity index (χ2v) is 6.08. The summed E-state index contributed by atoms with van der Waals surface area (Å²) >= 11 is 0. The minimum Gasteiger partial charge on any atom is -0.466 e. The number of carbonyl (C=O) groups excluding carboxylic acids is 1. The van der Waals surface area contributed by atoms with Crippen LogP contribution in [0.5, 0.6) is 0 Å². The van der Waals surface area contributed by atoms with Crippen molar-refractivity contribution in [2.75, 3.05) is 24.6 Å². The predicted molar refractivity (Wildman–Crippen MR) is 91.3 cm³/mol. The number of unbranched alkanes of at least 4 members (excludes halogenated alkanes) is 2. The fourth-order valence-corrected chi connectivity index (χ4v) is 3.03. The average Bonchev–Trinajstić information content (AvgIpc) is 2.56. The zero-order chi connectivity index (χ0) is 15.6. The lowest BCUT2D eigenvalue weighted by molar-refractivity contribution is -0.143. The third kappa shape index (κ3) is 5.70. The molecule has 1 aliphatic heterocycles. The van der Waals surface area contributed by atoms with Crippen molar-refractivity contribution in [1.82, 2.24) is 0 Å². The summed E-state index contributed by atoms with van der Waals surface area (Å²) in [5.74, 6) is -0.0617. The molecule has 0 radical (unpaired) electrons. The maximum Gasteiger partial charge on any atom is 0.305 e. The Kier molecular flexibility index (Phi) is 7.27. The highest BCUT2D eigenvalue weighted by Crippen LogP contribution is 2.20. The number of hydrogen-bond donors (Lipinski definition) is 0. The van der Waals surface area contributed by atoms with Crippen LogP contribution in [-0.4, -0.2) is 25.7 Å². The first-order valence-corrected chi connectivity index (χ1v) is 8.79. The van der Waals surface area contributed by atoms with E-state index in [1.165, 1.54) is 43.6 Å². The van der Waals surface area contributed by atoms with Gasteiger partial charge in [-0.15, -0.1) is 0 Å². The van der Waals surface area contributed by atoms with Gasteiger partial charge in [-0.05, 0) is 63.1 Å². The monoisotopic (exact) mass is 303 g/mol. The van der Waals surface area contributed by atoms with Gasteiger partial charge in [0.1, 0.15) is 0 Å². The fraction of sp³-hybridized carbons (Fsp3) is 0.632. The van der Waals surface area contributed by atoms with E-state index in [-0.39, 0.29) is 5.97 Å². The van der Waals surface area contributed by atoms with Crippen LogP contribution in [0.2, 0.25) is 0 Å². The summed E-state index contributed by atoms with van der Waals surface area (Å²) in [7, 11) is 0. The molecule has 0 N–H and O–H groups in total. The van der Waals surface area contributed by atoms with Gasteiger partial charge in [-0.2, -0.15) is 0 Å². The molecular formula is C19H29NO2. The Morgan fingerprint density at radius 2 is 1.77 bits per heavy atom. The summed E-state index contributed by atoms with van der Waals surface area (Å²) < 4.78 is 4.93. The van der Waals surface area contributed by atoms with Crippen LogP contribution >= 0.6 is 0 Å². The molecule has 3 nitrogen and oxygen atoms in total. The van der Waals surface area contributed by atoms with Crippen LogP contribution in [0, 0.1) is 0 Å². The minimum absolute atomic E-state index is 0.0617. The van der Waals surface area contributed by atoms with Gasteiger partial charge in [0, 0.05) is 25.2 Å². The molecule has 0 unspecified atom stereocenters. The highest BCUT2D eigenvalue weighted by molar-refractivity contribution is 5.69. The van der Waals surface area contributed by atoms with Crippen LogP contribution in [0.25, 0.3) is 0 Å². The van der Waals surface area contributed by atoms with Crippen molar-refractivity contribution < 1.29 is 9.53 Å². The molecule has 1 fully saturated rings. The van der Waals surface area contributed by atoms with Gasteiger partial charge in [-0.25, -0.2) is 0 Å². The number of hydrogen-bond acceptors (Lipinski definition) is 3. The molecule has 1 saturated heterocycles. The van der Waals surface area contributed by atoms with Crippen molar-refractivity contribution in [3.8, 4) is 0 Å². The summed E-state index contributed by atoms with van der Waals surface area (Å²) in [5.41, 5.74) is 2.77. The smallest absolute Gasteiger partial charge is 0.305 e. The van der Waals surface area contributed by atoms with Crippen molar-refractivity contribution in [1.29, 1.82) is 0 Å². The van der Waals surface area contributed by atoms with E-state index in [1.54, 1.807) is 0 Å². The highest BCUT2D eigenvalue weighted by Gasteiger charge is 2.10. The van der Waals surface area contributed by atoms with Crippen LogP contribution in [0.4, 0.5) is 5.69 Å². The summed E-state index contributed by atoms with van der Waals surface area (Å²) in [5, 5.41) is 0. The number of aryl methyl sites for hydroxylation is 1. The first kappa shape index (κ1) is 16.9. The molecule has 0 aliphatic carbocycles. The quantitative estimate of drug-likeness (QED) is 0.528. The molecule has 3 heteroatoms. The van der Waals surface area contributed by atoms with Crippen molar-refractivity contribution >= 4 is 11.7 Å². The molecule has 0 saturated carbocycles. The molecule has 122 valence electrons. The highest BCUT2D eigenvalue weighted by atomic mass is 16.5. The Balaban J connectivity index is 1.65. The largest absolute Gasteiger partial charge is 0.466 e. The number of benzene rings is 1. The van der Waals surface area contributed by atoms with E-state index in [9.17, 15) is 4.79 Å². The normalized spacial score (nSPS) is 14.9. The molecule has 0 aromatic heterocycles. The SMILES string of the molecule is CCOC(=O)CCCCCc1ccc(N2CCCCC2)cc1. The van der Waals surface area contributed by atoms with Gasteiger partial charge in [0.05, 0.1) is 6.61 Å².